The van der Waals surface area contributed by atoms with Crippen LogP contribution in [0.15, 0.2) is 97.1 Å². The second-order valence-electron chi connectivity index (χ2n) is 8.72. The second-order valence-corrected chi connectivity index (χ2v) is 8.72. The number of hydrogen-bond donors (Lipinski definition) is 3. The second kappa shape index (κ2) is 11.8. The molecule has 0 aliphatic carbocycles. The Labute approximate surface area is 219 Å². The largest absolute Gasteiger partial charge is 0.350 e. The van der Waals surface area contributed by atoms with E-state index in [1.54, 1.807) is 12.1 Å². The van der Waals surface area contributed by atoms with E-state index in [-0.39, 0.29) is 5.69 Å². The SMILES string of the molecule is CC(NC(=O)[C@@H](NC(=O)c1cccc2ccccc12)c1ccc([N+](=O)[O-])cc1)C(=O)NCc1ccccc1. The molecular weight excluding hydrogens is 484 g/mol. The molecule has 0 radical (unpaired) electrons. The molecule has 4 rings (SSSR count). The Morgan fingerprint density at radius 1 is 0.789 bits per heavy atom. The average Bonchev–Trinajstić information content (AvgIpc) is 2.94. The van der Waals surface area contributed by atoms with Crippen molar-refractivity contribution in [1.29, 1.82) is 0 Å². The van der Waals surface area contributed by atoms with Gasteiger partial charge in [-0.1, -0.05) is 66.7 Å². The first kappa shape index (κ1) is 26.0. The number of non-ortho nitro benzene ring substituents is 1. The molecule has 0 aromatic heterocycles. The van der Waals surface area contributed by atoms with Crippen LogP contribution < -0.4 is 16.0 Å². The zero-order valence-corrected chi connectivity index (χ0v) is 20.6. The van der Waals surface area contributed by atoms with Gasteiger partial charge in [0, 0.05) is 24.2 Å². The Morgan fingerprint density at radius 3 is 2.16 bits per heavy atom. The summed E-state index contributed by atoms with van der Waals surface area (Å²) in [5, 5.41) is 20.8. The number of nitro benzene ring substituents is 1. The molecule has 0 aliphatic rings. The minimum Gasteiger partial charge on any atom is -0.350 e. The molecule has 0 fully saturated rings. The maximum atomic E-state index is 13.3. The van der Waals surface area contributed by atoms with Crippen molar-refractivity contribution < 1.29 is 19.3 Å². The molecule has 0 saturated carbocycles. The summed E-state index contributed by atoms with van der Waals surface area (Å²) in [6.07, 6.45) is 0. The number of amides is 3. The lowest BCUT2D eigenvalue weighted by Gasteiger charge is -2.22. The quantitative estimate of drug-likeness (QED) is 0.231. The first-order valence-corrected chi connectivity index (χ1v) is 12.0. The Hall–Kier alpha value is -5.05. The van der Waals surface area contributed by atoms with E-state index in [2.05, 4.69) is 16.0 Å². The van der Waals surface area contributed by atoms with Gasteiger partial charge >= 0.3 is 0 Å². The van der Waals surface area contributed by atoms with E-state index in [1.807, 2.05) is 60.7 Å². The van der Waals surface area contributed by atoms with Crippen LogP contribution in [-0.4, -0.2) is 28.7 Å². The van der Waals surface area contributed by atoms with Gasteiger partial charge in [-0.15, -0.1) is 0 Å². The third kappa shape index (κ3) is 6.19. The number of carbonyl (C=O) groups excluding carboxylic acids is 3. The molecule has 0 heterocycles. The zero-order chi connectivity index (χ0) is 27.1. The highest BCUT2D eigenvalue weighted by Gasteiger charge is 2.27. The van der Waals surface area contributed by atoms with Crippen molar-refractivity contribution in [3.63, 3.8) is 0 Å². The Balaban J connectivity index is 1.54. The lowest BCUT2D eigenvalue weighted by Crippen LogP contribution is -2.49. The minimum atomic E-state index is -1.20. The molecule has 4 aromatic carbocycles. The van der Waals surface area contributed by atoms with Crippen molar-refractivity contribution in [2.45, 2.75) is 25.6 Å². The van der Waals surface area contributed by atoms with Crippen molar-refractivity contribution in [2.24, 2.45) is 0 Å². The predicted molar refractivity (Wildman–Crippen MR) is 143 cm³/mol. The fraction of sp³-hybridized carbons (Fsp3) is 0.138. The highest BCUT2D eigenvalue weighted by Crippen LogP contribution is 2.22. The lowest BCUT2D eigenvalue weighted by atomic mass is 10.0. The van der Waals surface area contributed by atoms with E-state index in [9.17, 15) is 24.5 Å². The van der Waals surface area contributed by atoms with Crippen molar-refractivity contribution in [1.82, 2.24) is 16.0 Å². The van der Waals surface area contributed by atoms with E-state index in [4.69, 9.17) is 0 Å². The van der Waals surface area contributed by atoms with Crippen LogP contribution in [0.2, 0.25) is 0 Å². The van der Waals surface area contributed by atoms with Crippen LogP contribution >= 0.6 is 0 Å². The van der Waals surface area contributed by atoms with E-state index in [0.29, 0.717) is 23.1 Å². The van der Waals surface area contributed by atoms with E-state index in [1.165, 1.54) is 31.2 Å². The third-order valence-corrected chi connectivity index (χ3v) is 6.07. The van der Waals surface area contributed by atoms with Crippen LogP contribution in [-0.2, 0) is 16.1 Å². The Morgan fingerprint density at radius 2 is 1.45 bits per heavy atom. The van der Waals surface area contributed by atoms with Crippen molar-refractivity contribution in [3.8, 4) is 0 Å². The first-order chi connectivity index (χ1) is 18.3. The van der Waals surface area contributed by atoms with E-state index < -0.39 is 34.7 Å². The molecule has 0 bridgehead atoms. The van der Waals surface area contributed by atoms with Crippen LogP contribution in [0.3, 0.4) is 0 Å². The van der Waals surface area contributed by atoms with Crippen molar-refractivity contribution >= 4 is 34.2 Å². The number of carbonyl (C=O) groups is 3. The van der Waals surface area contributed by atoms with Gasteiger partial charge in [0.1, 0.15) is 12.1 Å². The molecule has 3 amide bonds. The minimum absolute atomic E-state index is 0.151. The summed E-state index contributed by atoms with van der Waals surface area (Å²) in [5.74, 6) is -1.53. The molecule has 3 N–H and O–H groups in total. The van der Waals surface area contributed by atoms with Gasteiger partial charge in [0.25, 0.3) is 11.6 Å². The van der Waals surface area contributed by atoms with Crippen LogP contribution in [0.1, 0.15) is 34.5 Å². The van der Waals surface area contributed by atoms with Gasteiger partial charge in [0.15, 0.2) is 0 Å². The van der Waals surface area contributed by atoms with Gasteiger partial charge in [-0.25, -0.2) is 0 Å². The lowest BCUT2D eigenvalue weighted by molar-refractivity contribution is -0.384. The normalized spacial score (nSPS) is 12.2. The summed E-state index contributed by atoms with van der Waals surface area (Å²) in [6.45, 7) is 1.83. The molecule has 9 nitrogen and oxygen atoms in total. The van der Waals surface area contributed by atoms with Gasteiger partial charge in [-0.05, 0) is 47.0 Å². The van der Waals surface area contributed by atoms with Crippen LogP contribution in [0.5, 0.6) is 0 Å². The predicted octanol–water partition coefficient (Wildman–Crippen LogP) is 4.04. The molecule has 0 saturated heterocycles. The van der Waals surface area contributed by atoms with Gasteiger partial charge in [-0.2, -0.15) is 0 Å². The maximum absolute atomic E-state index is 13.3. The third-order valence-electron chi connectivity index (χ3n) is 6.07. The summed E-state index contributed by atoms with van der Waals surface area (Å²) < 4.78 is 0. The van der Waals surface area contributed by atoms with Crippen LogP contribution in [0.4, 0.5) is 5.69 Å². The van der Waals surface area contributed by atoms with Crippen molar-refractivity contribution in [2.75, 3.05) is 0 Å². The highest BCUT2D eigenvalue weighted by atomic mass is 16.6. The van der Waals surface area contributed by atoms with E-state index >= 15 is 0 Å². The highest BCUT2D eigenvalue weighted by molar-refractivity contribution is 6.08. The summed E-state index contributed by atoms with van der Waals surface area (Å²) in [6, 6.07) is 25.2. The van der Waals surface area contributed by atoms with Gasteiger partial charge in [0.05, 0.1) is 4.92 Å². The Bertz CT molecular complexity index is 1470. The summed E-state index contributed by atoms with van der Waals surface area (Å²) in [4.78, 5) is 49.8. The van der Waals surface area contributed by atoms with Crippen LogP contribution in [0.25, 0.3) is 10.8 Å². The van der Waals surface area contributed by atoms with Crippen molar-refractivity contribution in [3.05, 3.63) is 124 Å². The molecule has 0 spiro atoms. The van der Waals surface area contributed by atoms with Gasteiger partial charge in [0.2, 0.25) is 11.8 Å². The molecule has 192 valence electrons. The number of nitrogens with zero attached hydrogens (tertiary/aromatic N) is 1. The molecular formula is C29H26N4O5. The summed E-state index contributed by atoms with van der Waals surface area (Å²) in [7, 11) is 0. The molecule has 4 aromatic rings. The fourth-order valence-electron chi connectivity index (χ4n) is 4.02. The standard InChI is InChI=1S/C29H26N4O5/c1-19(27(34)30-18-20-8-3-2-4-9-20)31-29(36)26(22-14-16-23(17-15-22)33(37)38)32-28(35)25-13-7-11-21-10-5-6-12-24(21)25/h2-17,19,26H,18H2,1H3,(H,30,34)(H,31,36)(H,32,35)/t19?,26-/m0/s1. The number of nitrogens with one attached hydrogen (secondary N) is 3. The summed E-state index contributed by atoms with van der Waals surface area (Å²) in [5.41, 5.74) is 1.46. The molecule has 38 heavy (non-hydrogen) atoms. The molecule has 1 unspecified atom stereocenters. The number of hydrogen-bond acceptors (Lipinski definition) is 5. The van der Waals surface area contributed by atoms with E-state index in [0.717, 1.165) is 10.9 Å². The number of benzene rings is 4. The van der Waals surface area contributed by atoms with Gasteiger partial charge < -0.3 is 16.0 Å². The Kier molecular flexibility index (Phi) is 8.07. The first-order valence-electron chi connectivity index (χ1n) is 12.0. The number of nitro groups is 1. The van der Waals surface area contributed by atoms with Gasteiger partial charge in [-0.3, -0.25) is 24.5 Å². The summed E-state index contributed by atoms with van der Waals surface area (Å²) >= 11 is 0. The molecule has 2 atom stereocenters. The molecule has 0 aliphatic heterocycles. The topological polar surface area (TPSA) is 130 Å². The number of rotatable bonds is 9. The average molecular weight is 511 g/mol. The monoisotopic (exact) mass is 510 g/mol. The molecule has 9 heteroatoms. The number of fused-ring (bicyclic) bond motifs is 1. The zero-order valence-electron chi connectivity index (χ0n) is 20.6. The smallest absolute Gasteiger partial charge is 0.269 e. The maximum Gasteiger partial charge on any atom is 0.269 e. The fourth-order valence-corrected chi connectivity index (χ4v) is 4.02. The van der Waals surface area contributed by atoms with Crippen LogP contribution in [0, 0.1) is 10.1 Å².